The minimum atomic E-state index is -3.47. The molecule has 0 radical (unpaired) electrons. The minimum absolute atomic E-state index is 0.0106. The van der Waals surface area contributed by atoms with E-state index in [1.165, 1.54) is 4.31 Å². The number of fused-ring (bicyclic) bond motifs is 2. The lowest BCUT2D eigenvalue weighted by Gasteiger charge is -2.30. The van der Waals surface area contributed by atoms with Crippen LogP contribution in [-0.2, 0) is 23.6 Å². The lowest BCUT2D eigenvalue weighted by molar-refractivity contribution is 0.0708. The Balaban J connectivity index is 1.44. The van der Waals surface area contributed by atoms with Crippen molar-refractivity contribution in [3.63, 3.8) is 0 Å². The summed E-state index contributed by atoms with van der Waals surface area (Å²) in [5.41, 5.74) is 9.76. The molecular weight excluding hydrogens is 566 g/mol. The topological polar surface area (TPSA) is 129 Å². The molecular formula is C31H41N7O4S. The quantitative estimate of drug-likeness (QED) is 0.287. The molecule has 2 fully saturated rings. The van der Waals surface area contributed by atoms with Crippen molar-refractivity contribution in [2.45, 2.75) is 58.0 Å². The molecule has 3 aromatic heterocycles. The molecule has 6 rings (SSSR count). The molecule has 1 saturated carbocycles. The molecule has 11 nitrogen and oxygen atoms in total. The van der Waals surface area contributed by atoms with Gasteiger partial charge in [-0.2, -0.15) is 0 Å². The Hall–Kier alpha value is -3.64. The molecule has 1 aliphatic carbocycles. The first-order chi connectivity index (χ1) is 20.6. The summed E-state index contributed by atoms with van der Waals surface area (Å²) in [6, 6.07) is 9.38. The number of likely N-dealkylation sites (tertiary alicyclic amines) is 1. The number of hydrogen-bond acceptors (Lipinski definition) is 7. The predicted octanol–water partition coefficient (Wildman–Crippen LogP) is 4.14. The minimum Gasteiger partial charge on any atom is -0.494 e. The molecule has 1 aromatic carbocycles. The van der Waals surface area contributed by atoms with Crippen LogP contribution in [0.15, 0.2) is 30.3 Å². The zero-order chi connectivity index (χ0) is 30.5. The van der Waals surface area contributed by atoms with E-state index in [1.807, 2.05) is 35.6 Å². The van der Waals surface area contributed by atoms with E-state index < -0.39 is 10.0 Å². The van der Waals surface area contributed by atoms with Crippen LogP contribution in [0.1, 0.15) is 55.8 Å². The number of hydrogen-bond donors (Lipinski definition) is 1. The fourth-order valence-corrected chi connectivity index (χ4v) is 7.34. The van der Waals surface area contributed by atoms with Gasteiger partial charge in [0, 0.05) is 50.7 Å². The molecule has 230 valence electrons. The number of aryl methyl sites for hydroxylation is 1. The van der Waals surface area contributed by atoms with Crippen molar-refractivity contribution in [1.82, 2.24) is 24.0 Å². The number of imidazole rings is 1. The van der Waals surface area contributed by atoms with Crippen molar-refractivity contribution in [2.75, 3.05) is 37.3 Å². The molecule has 12 heteroatoms. The lowest BCUT2D eigenvalue weighted by atomic mass is 10.0. The molecule has 1 amide bonds. The molecule has 0 unspecified atom stereocenters. The highest BCUT2D eigenvalue weighted by atomic mass is 32.2. The molecule has 1 saturated heterocycles. The average molecular weight is 608 g/mol. The third-order valence-corrected chi connectivity index (χ3v) is 10.6. The average Bonchev–Trinajstić information content (AvgIpc) is 3.67. The molecule has 1 aliphatic heterocycles. The van der Waals surface area contributed by atoms with Crippen molar-refractivity contribution in [1.29, 1.82) is 0 Å². The highest BCUT2D eigenvalue weighted by Crippen LogP contribution is 2.38. The second-order valence-corrected chi connectivity index (χ2v) is 14.1. The van der Waals surface area contributed by atoms with Gasteiger partial charge in [0.25, 0.3) is 5.91 Å². The number of nitrogens with two attached hydrogens (primary N) is 1. The van der Waals surface area contributed by atoms with E-state index in [-0.39, 0.29) is 17.7 Å². The van der Waals surface area contributed by atoms with Gasteiger partial charge in [-0.3, -0.25) is 9.10 Å². The van der Waals surface area contributed by atoms with E-state index in [1.54, 1.807) is 26.3 Å². The highest BCUT2D eigenvalue weighted by molar-refractivity contribution is 7.92. The molecule has 4 aromatic rings. The van der Waals surface area contributed by atoms with Crippen molar-refractivity contribution in [3.8, 4) is 17.3 Å². The summed E-state index contributed by atoms with van der Waals surface area (Å²) in [7, 11) is 1.65. The summed E-state index contributed by atoms with van der Waals surface area (Å²) in [6.07, 6.45) is 5.51. The first kappa shape index (κ1) is 29.4. The number of piperidine rings is 1. The highest BCUT2D eigenvalue weighted by Gasteiger charge is 2.29. The van der Waals surface area contributed by atoms with Gasteiger partial charge in [0.2, 0.25) is 10.0 Å². The van der Waals surface area contributed by atoms with E-state index in [4.69, 9.17) is 20.4 Å². The molecule has 0 spiro atoms. The van der Waals surface area contributed by atoms with Crippen LogP contribution in [0.5, 0.6) is 5.75 Å². The van der Waals surface area contributed by atoms with Crippen molar-refractivity contribution in [3.05, 3.63) is 35.9 Å². The van der Waals surface area contributed by atoms with Crippen molar-refractivity contribution < 1.29 is 17.9 Å². The van der Waals surface area contributed by atoms with Gasteiger partial charge in [-0.05, 0) is 68.4 Å². The van der Waals surface area contributed by atoms with Crippen LogP contribution in [0.3, 0.4) is 0 Å². The molecule has 1 atom stereocenters. The third-order valence-electron chi connectivity index (χ3n) is 8.74. The number of nitrogens with zero attached hydrogens (tertiary/aromatic N) is 6. The van der Waals surface area contributed by atoms with Crippen molar-refractivity contribution >= 4 is 43.8 Å². The van der Waals surface area contributed by atoms with Gasteiger partial charge < -0.3 is 24.5 Å². The Morgan fingerprint density at radius 2 is 1.95 bits per heavy atom. The lowest BCUT2D eigenvalue weighted by Crippen LogP contribution is -2.45. The van der Waals surface area contributed by atoms with Gasteiger partial charge in [0.1, 0.15) is 22.7 Å². The van der Waals surface area contributed by atoms with E-state index >= 15 is 0 Å². The fraction of sp³-hybridized carbons (Fsp3) is 0.516. The van der Waals surface area contributed by atoms with Crippen LogP contribution >= 0.6 is 0 Å². The van der Waals surface area contributed by atoms with Crippen molar-refractivity contribution in [2.24, 2.45) is 18.7 Å². The number of anilines is 1. The molecule has 4 heterocycles. The van der Waals surface area contributed by atoms with E-state index in [2.05, 4.69) is 10.6 Å². The molecule has 0 bridgehead atoms. The zero-order valence-corrected chi connectivity index (χ0v) is 26.2. The summed E-state index contributed by atoms with van der Waals surface area (Å²) >= 11 is 0. The predicted molar refractivity (Wildman–Crippen MR) is 169 cm³/mol. The molecule has 43 heavy (non-hydrogen) atoms. The summed E-state index contributed by atoms with van der Waals surface area (Å²) in [5.74, 6) is 2.26. The van der Waals surface area contributed by atoms with Gasteiger partial charge in [0.15, 0.2) is 5.82 Å². The number of aromatic nitrogens is 4. The Morgan fingerprint density at radius 3 is 2.65 bits per heavy atom. The van der Waals surface area contributed by atoms with Crippen LogP contribution in [-0.4, -0.2) is 77.4 Å². The van der Waals surface area contributed by atoms with Crippen LogP contribution in [0.4, 0.5) is 5.82 Å². The Morgan fingerprint density at radius 1 is 1.16 bits per heavy atom. The second kappa shape index (κ2) is 11.5. The first-order valence-corrected chi connectivity index (χ1v) is 16.8. The van der Waals surface area contributed by atoms with Gasteiger partial charge in [-0.25, -0.2) is 18.4 Å². The SMILES string of the molecule is CCCCS(=O)(=O)N(C)c1ccc2cc(-c3nc4cc(C(=O)N5CCC[C@@H](N)C5)cc(OC)c4n3C)n(CC3CC3)c2n1. The number of unbranched alkanes of at least 4 members (excludes halogenated alkanes) is 1. The van der Waals surface area contributed by atoms with Crippen LogP contribution in [0, 0.1) is 5.92 Å². The zero-order valence-electron chi connectivity index (χ0n) is 25.4. The van der Waals surface area contributed by atoms with Gasteiger partial charge in [0.05, 0.1) is 24.1 Å². The maximum absolute atomic E-state index is 13.5. The monoisotopic (exact) mass is 607 g/mol. The number of ether oxygens (including phenoxy) is 1. The standard InChI is InChI=1S/C31H41N7O4S/c1-5-6-14-43(40,41)36(3)27-12-11-21-16-25(38(29(21)34-27)18-20-9-10-20)30-33-24-15-22(17-26(42-4)28(24)35(30)2)31(39)37-13-7-8-23(32)19-37/h11-12,15-17,20,23H,5-10,13-14,18-19,32H2,1-4H3/t23-/m1/s1. The number of pyridine rings is 1. The maximum Gasteiger partial charge on any atom is 0.254 e. The smallest absolute Gasteiger partial charge is 0.254 e. The van der Waals surface area contributed by atoms with Crippen LogP contribution < -0.4 is 14.8 Å². The van der Waals surface area contributed by atoms with Gasteiger partial charge >= 0.3 is 0 Å². The third kappa shape index (κ3) is 5.58. The first-order valence-electron chi connectivity index (χ1n) is 15.2. The Labute approximate surface area is 252 Å². The summed E-state index contributed by atoms with van der Waals surface area (Å²) in [5, 5.41) is 0.912. The number of benzene rings is 1. The number of amides is 1. The maximum atomic E-state index is 13.5. The molecule has 2 N–H and O–H groups in total. The van der Waals surface area contributed by atoms with Crippen LogP contribution in [0.25, 0.3) is 33.6 Å². The second-order valence-electron chi connectivity index (χ2n) is 12.0. The van der Waals surface area contributed by atoms with E-state index in [0.29, 0.717) is 48.1 Å². The van der Waals surface area contributed by atoms with Gasteiger partial charge in [-0.1, -0.05) is 13.3 Å². The van der Waals surface area contributed by atoms with E-state index in [9.17, 15) is 13.2 Å². The fourth-order valence-electron chi connectivity index (χ4n) is 6.02. The summed E-state index contributed by atoms with van der Waals surface area (Å²) < 4.78 is 37.1. The van der Waals surface area contributed by atoms with E-state index in [0.717, 1.165) is 66.7 Å². The number of carbonyl (C=O) groups excluding carboxylic acids is 1. The van der Waals surface area contributed by atoms with Gasteiger partial charge in [-0.15, -0.1) is 0 Å². The largest absolute Gasteiger partial charge is 0.494 e. The van der Waals surface area contributed by atoms with Crippen LogP contribution in [0.2, 0.25) is 0 Å². The summed E-state index contributed by atoms with van der Waals surface area (Å²) in [6.45, 7) is 3.97. The Bertz CT molecular complexity index is 1790. The molecule has 2 aliphatic rings. The number of rotatable bonds is 10. The number of methoxy groups -OCH3 is 1. The number of sulfonamides is 1. The number of carbonyl (C=O) groups is 1. The summed E-state index contributed by atoms with van der Waals surface area (Å²) in [4.78, 5) is 25.2. The normalized spacial score (nSPS) is 17.6. The Kier molecular flexibility index (Phi) is 7.84.